The summed E-state index contributed by atoms with van der Waals surface area (Å²) in [4.78, 5) is 3.55. The van der Waals surface area contributed by atoms with Crippen molar-refractivity contribution < 1.29 is 31.1 Å². The van der Waals surface area contributed by atoms with E-state index in [0.717, 1.165) is 30.3 Å². The Bertz CT molecular complexity index is 661. The van der Waals surface area contributed by atoms with E-state index in [1.165, 1.54) is 7.11 Å². The Morgan fingerprint density at radius 1 is 0.864 bits per heavy atom. The molecule has 2 rings (SSSR count). The van der Waals surface area contributed by atoms with Gasteiger partial charge in [-0.3, -0.25) is 0 Å². The molecule has 0 aliphatic carbocycles. The van der Waals surface area contributed by atoms with E-state index in [1.54, 1.807) is 0 Å². The van der Waals surface area contributed by atoms with Crippen LogP contribution in [0.3, 0.4) is 0 Å². The number of ether oxygens (including phenoxy) is 1. The lowest BCUT2D eigenvalue weighted by Crippen LogP contribution is -2.07. The number of rotatable bonds is 2. The molecule has 1 aromatic heterocycles. The third-order valence-electron chi connectivity index (χ3n) is 2.90. The molecule has 0 N–H and O–H groups in total. The molecule has 0 saturated carbocycles. The van der Waals surface area contributed by atoms with Gasteiger partial charge in [0.1, 0.15) is 0 Å². The molecule has 0 atom stereocenters. The minimum absolute atomic E-state index is 0.0361. The maximum absolute atomic E-state index is 12.7. The third-order valence-corrected chi connectivity index (χ3v) is 2.90. The van der Waals surface area contributed by atoms with Gasteiger partial charge in [-0.05, 0) is 23.8 Å². The van der Waals surface area contributed by atoms with Crippen molar-refractivity contribution in [2.45, 2.75) is 12.4 Å². The Balaban J connectivity index is 2.51. The second-order valence-corrected chi connectivity index (χ2v) is 4.35. The number of methoxy groups -OCH3 is 1. The second kappa shape index (κ2) is 5.51. The molecule has 0 unspecified atom stereocenters. The van der Waals surface area contributed by atoms with Gasteiger partial charge >= 0.3 is 12.4 Å². The maximum atomic E-state index is 12.7. The van der Waals surface area contributed by atoms with Gasteiger partial charge in [0.05, 0.1) is 18.2 Å². The van der Waals surface area contributed by atoms with Gasteiger partial charge in [0.25, 0.3) is 0 Å². The van der Waals surface area contributed by atoms with Crippen LogP contribution in [0.2, 0.25) is 0 Å². The molecule has 0 aliphatic heterocycles. The van der Waals surface area contributed by atoms with E-state index < -0.39 is 23.5 Å². The molecule has 0 amide bonds. The molecule has 2 aromatic rings. The fourth-order valence-electron chi connectivity index (χ4n) is 1.82. The molecular weight excluding hydrogens is 312 g/mol. The molecule has 1 aromatic carbocycles. The number of hydrogen-bond acceptors (Lipinski definition) is 2. The fraction of sp³-hybridized carbons (Fsp3) is 0.214. The molecule has 8 heteroatoms. The SMILES string of the molecule is COc1ncc(C(F)(F)F)cc1-c1ccc(C(F)(F)F)cc1. The Morgan fingerprint density at radius 2 is 1.41 bits per heavy atom. The van der Waals surface area contributed by atoms with Crippen LogP contribution in [-0.2, 0) is 12.4 Å². The van der Waals surface area contributed by atoms with Gasteiger partial charge in [0.2, 0.25) is 5.88 Å². The Labute approximate surface area is 121 Å². The Kier molecular flexibility index (Phi) is 4.04. The number of benzene rings is 1. The Morgan fingerprint density at radius 3 is 1.86 bits per heavy atom. The molecule has 0 saturated heterocycles. The van der Waals surface area contributed by atoms with Crippen LogP contribution in [0.25, 0.3) is 11.1 Å². The summed E-state index contributed by atoms with van der Waals surface area (Å²) < 4.78 is 80.5. The van der Waals surface area contributed by atoms with E-state index in [0.29, 0.717) is 6.20 Å². The van der Waals surface area contributed by atoms with E-state index in [1.807, 2.05) is 0 Å². The average molecular weight is 321 g/mol. The van der Waals surface area contributed by atoms with E-state index in [9.17, 15) is 26.3 Å². The molecule has 22 heavy (non-hydrogen) atoms. The van der Waals surface area contributed by atoms with Gasteiger partial charge in [0.15, 0.2) is 0 Å². The van der Waals surface area contributed by atoms with Crippen molar-refractivity contribution >= 4 is 0 Å². The Hall–Kier alpha value is -2.25. The summed E-state index contributed by atoms with van der Waals surface area (Å²) in [6.45, 7) is 0. The smallest absolute Gasteiger partial charge is 0.417 e. The van der Waals surface area contributed by atoms with Gasteiger partial charge in [-0.25, -0.2) is 4.98 Å². The largest absolute Gasteiger partial charge is 0.481 e. The molecule has 0 spiro atoms. The summed E-state index contributed by atoms with van der Waals surface area (Å²) in [5.74, 6) is -0.104. The van der Waals surface area contributed by atoms with Crippen molar-refractivity contribution in [2.24, 2.45) is 0 Å². The van der Waals surface area contributed by atoms with Crippen LogP contribution >= 0.6 is 0 Å². The van der Waals surface area contributed by atoms with Crippen LogP contribution in [0.5, 0.6) is 5.88 Å². The summed E-state index contributed by atoms with van der Waals surface area (Å²) in [5.41, 5.74) is -1.80. The van der Waals surface area contributed by atoms with Gasteiger partial charge in [-0.1, -0.05) is 12.1 Å². The quantitative estimate of drug-likeness (QED) is 0.742. The molecule has 1 heterocycles. The zero-order valence-corrected chi connectivity index (χ0v) is 11.1. The predicted octanol–water partition coefficient (Wildman–Crippen LogP) is 4.79. The summed E-state index contributed by atoms with van der Waals surface area (Å²) in [7, 11) is 1.21. The highest BCUT2D eigenvalue weighted by Crippen LogP contribution is 2.37. The molecule has 0 fully saturated rings. The predicted molar refractivity (Wildman–Crippen MR) is 66.2 cm³/mol. The highest BCUT2D eigenvalue weighted by atomic mass is 19.4. The third kappa shape index (κ3) is 3.32. The van der Waals surface area contributed by atoms with Crippen LogP contribution in [0.1, 0.15) is 11.1 Å². The minimum atomic E-state index is -4.61. The number of nitrogens with zero attached hydrogens (tertiary/aromatic N) is 1. The first-order chi connectivity index (χ1) is 10.1. The van der Waals surface area contributed by atoms with Crippen molar-refractivity contribution in [2.75, 3.05) is 7.11 Å². The van der Waals surface area contributed by atoms with Gasteiger partial charge < -0.3 is 4.74 Å². The minimum Gasteiger partial charge on any atom is -0.481 e. The van der Waals surface area contributed by atoms with Crippen LogP contribution in [0, 0.1) is 0 Å². The van der Waals surface area contributed by atoms with Crippen LogP contribution in [0.15, 0.2) is 36.5 Å². The fourth-order valence-corrected chi connectivity index (χ4v) is 1.82. The van der Waals surface area contributed by atoms with Crippen molar-refractivity contribution in [3.05, 3.63) is 47.7 Å². The number of alkyl halides is 6. The number of halogens is 6. The number of hydrogen-bond donors (Lipinski definition) is 0. The first-order valence-corrected chi connectivity index (χ1v) is 5.92. The molecule has 0 aliphatic rings. The molecular formula is C14H9F6NO. The topological polar surface area (TPSA) is 22.1 Å². The van der Waals surface area contributed by atoms with Crippen molar-refractivity contribution in [1.82, 2.24) is 4.98 Å². The van der Waals surface area contributed by atoms with Crippen LogP contribution < -0.4 is 4.74 Å². The van der Waals surface area contributed by atoms with E-state index in [2.05, 4.69) is 4.98 Å². The first-order valence-electron chi connectivity index (χ1n) is 5.92. The number of pyridine rings is 1. The van der Waals surface area contributed by atoms with E-state index >= 15 is 0 Å². The number of aromatic nitrogens is 1. The lowest BCUT2D eigenvalue weighted by molar-refractivity contribution is -0.138. The molecule has 2 nitrogen and oxygen atoms in total. The van der Waals surface area contributed by atoms with E-state index in [-0.39, 0.29) is 17.0 Å². The van der Waals surface area contributed by atoms with E-state index in [4.69, 9.17) is 4.74 Å². The summed E-state index contributed by atoms with van der Waals surface area (Å²) in [6, 6.07) is 4.50. The zero-order valence-electron chi connectivity index (χ0n) is 11.1. The maximum Gasteiger partial charge on any atom is 0.417 e. The van der Waals surface area contributed by atoms with Crippen LogP contribution in [0.4, 0.5) is 26.3 Å². The monoisotopic (exact) mass is 321 g/mol. The van der Waals surface area contributed by atoms with Gasteiger partial charge in [-0.15, -0.1) is 0 Å². The highest BCUT2D eigenvalue weighted by Gasteiger charge is 2.33. The summed E-state index contributed by atoms with van der Waals surface area (Å²) >= 11 is 0. The van der Waals surface area contributed by atoms with Crippen molar-refractivity contribution in [3.8, 4) is 17.0 Å². The lowest BCUT2D eigenvalue weighted by atomic mass is 10.0. The lowest BCUT2D eigenvalue weighted by Gasteiger charge is -2.13. The molecule has 0 radical (unpaired) electrons. The van der Waals surface area contributed by atoms with Crippen molar-refractivity contribution in [1.29, 1.82) is 0 Å². The second-order valence-electron chi connectivity index (χ2n) is 4.35. The standard InChI is InChI=1S/C14H9F6NO/c1-22-12-11(6-10(7-21-12)14(18,19)20)8-2-4-9(5-3-8)13(15,16)17/h2-7H,1H3. The van der Waals surface area contributed by atoms with Gasteiger partial charge in [0, 0.05) is 11.8 Å². The average Bonchev–Trinajstić information content (AvgIpc) is 2.45. The zero-order chi connectivity index (χ0) is 16.5. The first kappa shape index (κ1) is 16.1. The highest BCUT2D eigenvalue weighted by molar-refractivity contribution is 5.69. The van der Waals surface area contributed by atoms with Crippen molar-refractivity contribution in [3.63, 3.8) is 0 Å². The van der Waals surface area contributed by atoms with Crippen LogP contribution in [-0.4, -0.2) is 12.1 Å². The molecule has 0 bridgehead atoms. The summed E-state index contributed by atoms with van der Waals surface area (Å²) in [5, 5.41) is 0. The summed E-state index contributed by atoms with van der Waals surface area (Å²) in [6.07, 6.45) is -8.53. The normalized spacial score (nSPS) is 12.3. The molecule has 118 valence electrons. The van der Waals surface area contributed by atoms with Gasteiger partial charge in [-0.2, -0.15) is 26.3 Å².